The third kappa shape index (κ3) is 3.37. The highest BCUT2D eigenvalue weighted by atomic mass is 16.2. The molecule has 3 rings (SSSR count). The molecular weight excluding hydrogens is 310 g/mol. The van der Waals surface area contributed by atoms with Gasteiger partial charge >= 0.3 is 0 Å². The molecule has 0 radical (unpaired) electrons. The van der Waals surface area contributed by atoms with Crippen molar-refractivity contribution in [2.24, 2.45) is 0 Å². The van der Waals surface area contributed by atoms with Gasteiger partial charge in [-0.2, -0.15) is 0 Å². The molecule has 3 aromatic rings. The van der Waals surface area contributed by atoms with Gasteiger partial charge in [-0.3, -0.25) is 23.5 Å². The van der Waals surface area contributed by atoms with E-state index in [1.165, 1.54) is 34.1 Å². The first-order valence-electron chi connectivity index (χ1n) is 7.36. The lowest BCUT2D eigenvalue weighted by molar-refractivity contribution is -0.121. The Morgan fingerprint density at radius 2 is 1.92 bits per heavy atom. The second kappa shape index (κ2) is 6.86. The second-order valence-electron chi connectivity index (χ2n) is 5.16. The number of aromatic nitrogens is 4. The highest BCUT2D eigenvalue weighted by molar-refractivity contribution is 5.78. The van der Waals surface area contributed by atoms with Crippen LogP contribution in [0.2, 0.25) is 0 Å². The van der Waals surface area contributed by atoms with Crippen molar-refractivity contribution in [2.45, 2.75) is 13.1 Å². The highest BCUT2D eigenvalue weighted by Gasteiger charge is 2.07. The number of nitrogens with one attached hydrogen (secondary N) is 1. The molecule has 0 saturated carbocycles. The molecule has 0 aliphatic heterocycles. The number of carbonyl (C=O) groups is 1. The normalized spacial score (nSPS) is 10.7. The van der Waals surface area contributed by atoms with Gasteiger partial charge in [-0.1, -0.05) is 12.1 Å². The number of para-hydroxylation sites is 1. The Kier molecular flexibility index (Phi) is 4.46. The maximum Gasteiger partial charge on any atom is 0.261 e. The van der Waals surface area contributed by atoms with Gasteiger partial charge in [-0.05, 0) is 12.1 Å². The maximum absolute atomic E-state index is 12.3. The van der Waals surface area contributed by atoms with Gasteiger partial charge < -0.3 is 5.32 Å². The summed E-state index contributed by atoms with van der Waals surface area (Å²) in [5.74, 6) is -0.328. The van der Waals surface area contributed by atoms with Crippen LogP contribution >= 0.6 is 0 Å². The number of fused-ring (bicyclic) bond motifs is 1. The van der Waals surface area contributed by atoms with Crippen LogP contribution in [0.15, 0.2) is 58.8 Å². The van der Waals surface area contributed by atoms with Crippen molar-refractivity contribution in [1.29, 1.82) is 0 Å². The van der Waals surface area contributed by atoms with Gasteiger partial charge in [0, 0.05) is 25.4 Å². The zero-order chi connectivity index (χ0) is 16.9. The Bertz CT molecular complexity index is 992. The number of hydrogen-bond acceptors (Lipinski definition) is 5. The van der Waals surface area contributed by atoms with Crippen molar-refractivity contribution in [2.75, 3.05) is 6.54 Å². The SMILES string of the molecule is O=C(Cn1cnc2ccccc2c1=O)NCCn1cnccc1=O. The molecule has 0 aliphatic rings. The number of benzene rings is 1. The Morgan fingerprint density at radius 3 is 2.75 bits per heavy atom. The summed E-state index contributed by atoms with van der Waals surface area (Å²) in [6, 6.07) is 8.32. The van der Waals surface area contributed by atoms with E-state index in [2.05, 4.69) is 15.3 Å². The molecule has 1 N–H and O–H groups in total. The summed E-state index contributed by atoms with van der Waals surface area (Å²) >= 11 is 0. The van der Waals surface area contributed by atoms with Gasteiger partial charge in [0.2, 0.25) is 5.91 Å². The Morgan fingerprint density at radius 1 is 1.08 bits per heavy atom. The number of amides is 1. The molecule has 1 aromatic carbocycles. The van der Waals surface area contributed by atoms with Gasteiger partial charge in [0.1, 0.15) is 6.54 Å². The lowest BCUT2D eigenvalue weighted by atomic mass is 10.2. The maximum atomic E-state index is 12.3. The summed E-state index contributed by atoms with van der Waals surface area (Å²) in [5, 5.41) is 3.14. The number of nitrogens with zero attached hydrogens (tertiary/aromatic N) is 4. The third-order valence-electron chi connectivity index (χ3n) is 3.51. The van der Waals surface area contributed by atoms with Crippen molar-refractivity contribution in [3.8, 4) is 0 Å². The Hall–Kier alpha value is -3.29. The van der Waals surface area contributed by atoms with E-state index in [1.54, 1.807) is 24.3 Å². The summed E-state index contributed by atoms with van der Waals surface area (Å²) in [6.45, 7) is 0.447. The van der Waals surface area contributed by atoms with Crippen LogP contribution in [0, 0.1) is 0 Å². The van der Waals surface area contributed by atoms with Crippen LogP contribution in [0.5, 0.6) is 0 Å². The molecule has 0 unspecified atom stereocenters. The third-order valence-corrected chi connectivity index (χ3v) is 3.51. The average Bonchev–Trinajstić information content (AvgIpc) is 2.59. The second-order valence-corrected chi connectivity index (χ2v) is 5.16. The van der Waals surface area contributed by atoms with Gasteiger partial charge in [0.15, 0.2) is 0 Å². The predicted octanol–water partition coefficient (Wildman–Crippen LogP) is -0.230. The van der Waals surface area contributed by atoms with E-state index in [0.29, 0.717) is 17.4 Å². The molecule has 0 atom stereocenters. The number of hydrogen-bond donors (Lipinski definition) is 1. The van der Waals surface area contributed by atoms with Gasteiger partial charge in [0.05, 0.1) is 23.6 Å². The summed E-state index contributed by atoms with van der Waals surface area (Å²) < 4.78 is 2.65. The number of rotatable bonds is 5. The first kappa shape index (κ1) is 15.6. The topological polar surface area (TPSA) is 98.9 Å². The van der Waals surface area contributed by atoms with Crippen molar-refractivity contribution in [1.82, 2.24) is 24.4 Å². The molecule has 1 amide bonds. The minimum absolute atomic E-state index is 0.126. The predicted molar refractivity (Wildman–Crippen MR) is 87.5 cm³/mol. The minimum atomic E-state index is -0.328. The van der Waals surface area contributed by atoms with E-state index in [9.17, 15) is 14.4 Å². The minimum Gasteiger partial charge on any atom is -0.353 e. The summed E-state index contributed by atoms with van der Waals surface area (Å²) in [5.41, 5.74) is 0.142. The first-order chi connectivity index (χ1) is 11.6. The van der Waals surface area contributed by atoms with E-state index in [4.69, 9.17) is 0 Å². The molecular formula is C16H15N5O3. The van der Waals surface area contributed by atoms with Crippen LogP contribution in [0.25, 0.3) is 10.9 Å². The van der Waals surface area contributed by atoms with Crippen LogP contribution < -0.4 is 16.4 Å². The molecule has 8 nitrogen and oxygen atoms in total. The number of carbonyl (C=O) groups excluding carboxylic acids is 1. The largest absolute Gasteiger partial charge is 0.353 e. The fraction of sp³-hybridized carbons (Fsp3) is 0.188. The van der Waals surface area contributed by atoms with Crippen LogP contribution in [0.1, 0.15) is 0 Å². The van der Waals surface area contributed by atoms with Gasteiger partial charge in [0.25, 0.3) is 11.1 Å². The molecule has 0 aliphatic carbocycles. The van der Waals surface area contributed by atoms with Crippen LogP contribution in [0.4, 0.5) is 0 Å². The lowest BCUT2D eigenvalue weighted by Crippen LogP contribution is -2.35. The van der Waals surface area contributed by atoms with E-state index in [0.717, 1.165) is 0 Å². The zero-order valence-electron chi connectivity index (χ0n) is 12.8. The van der Waals surface area contributed by atoms with E-state index < -0.39 is 0 Å². The average molecular weight is 325 g/mol. The zero-order valence-corrected chi connectivity index (χ0v) is 12.8. The monoisotopic (exact) mass is 325 g/mol. The summed E-state index contributed by atoms with van der Waals surface area (Å²) in [7, 11) is 0. The van der Waals surface area contributed by atoms with E-state index in [1.807, 2.05) is 0 Å². The molecule has 8 heteroatoms. The molecule has 0 saturated heterocycles. The molecule has 122 valence electrons. The van der Waals surface area contributed by atoms with Crippen molar-refractivity contribution >= 4 is 16.8 Å². The molecule has 2 heterocycles. The van der Waals surface area contributed by atoms with Gasteiger partial charge in [-0.15, -0.1) is 0 Å². The van der Waals surface area contributed by atoms with Crippen molar-refractivity contribution in [3.05, 3.63) is 69.9 Å². The quantitative estimate of drug-likeness (QED) is 0.698. The highest BCUT2D eigenvalue weighted by Crippen LogP contribution is 2.04. The summed E-state index contributed by atoms with van der Waals surface area (Å²) in [4.78, 5) is 43.8. The molecule has 0 spiro atoms. The first-order valence-corrected chi connectivity index (χ1v) is 7.36. The van der Waals surface area contributed by atoms with E-state index in [-0.39, 0.29) is 30.1 Å². The molecule has 2 aromatic heterocycles. The van der Waals surface area contributed by atoms with Crippen molar-refractivity contribution < 1.29 is 4.79 Å². The van der Waals surface area contributed by atoms with Crippen LogP contribution in [-0.4, -0.2) is 31.6 Å². The fourth-order valence-electron chi connectivity index (χ4n) is 2.29. The van der Waals surface area contributed by atoms with Crippen LogP contribution in [-0.2, 0) is 17.9 Å². The van der Waals surface area contributed by atoms with Crippen molar-refractivity contribution in [3.63, 3.8) is 0 Å². The van der Waals surface area contributed by atoms with E-state index >= 15 is 0 Å². The lowest BCUT2D eigenvalue weighted by Gasteiger charge is -2.08. The summed E-state index contributed by atoms with van der Waals surface area (Å²) in [6.07, 6.45) is 4.18. The molecule has 0 bridgehead atoms. The Balaban J connectivity index is 1.63. The Labute approximate surface area is 136 Å². The van der Waals surface area contributed by atoms with Crippen LogP contribution in [0.3, 0.4) is 0 Å². The molecule has 24 heavy (non-hydrogen) atoms. The molecule has 0 fully saturated rings. The standard InChI is InChI=1S/C16H15N5O3/c22-14(18-7-8-20-10-17-6-5-15(20)23)9-21-11-19-13-4-2-1-3-12(13)16(21)24/h1-6,10-11H,7-9H2,(H,18,22). The van der Waals surface area contributed by atoms with Gasteiger partial charge in [-0.25, -0.2) is 9.97 Å². The fourth-order valence-corrected chi connectivity index (χ4v) is 2.29. The smallest absolute Gasteiger partial charge is 0.261 e.